The van der Waals surface area contributed by atoms with Crippen molar-refractivity contribution in [1.29, 1.82) is 0 Å². The zero-order valence-corrected chi connectivity index (χ0v) is 15.6. The van der Waals surface area contributed by atoms with Crippen molar-refractivity contribution in [2.24, 2.45) is 5.92 Å². The van der Waals surface area contributed by atoms with Gasteiger partial charge in [-0.25, -0.2) is 0 Å². The average molecular weight is 370 g/mol. The molecule has 6 heteroatoms. The monoisotopic (exact) mass is 370 g/mol. The van der Waals surface area contributed by atoms with Crippen molar-refractivity contribution >= 4 is 17.3 Å². The highest BCUT2D eigenvalue weighted by molar-refractivity contribution is 6.10. The summed E-state index contributed by atoms with van der Waals surface area (Å²) in [6.45, 7) is 1.93. The Balaban J connectivity index is 2.07. The molecule has 27 heavy (non-hydrogen) atoms. The van der Waals surface area contributed by atoms with Crippen LogP contribution >= 0.6 is 0 Å². The van der Waals surface area contributed by atoms with Crippen LogP contribution in [0.2, 0.25) is 0 Å². The summed E-state index contributed by atoms with van der Waals surface area (Å²) < 4.78 is 21.3. The maximum Gasteiger partial charge on any atom is 0.317 e. The molecule has 0 amide bonds. The normalized spacial score (nSPS) is 19.4. The van der Waals surface area contributed by atoms with Crippen LogP contribution in [-0.2, 0) is 14.3 Å². The predicted octanol–water partition coefficient (Wildman–Crippen LogP) is 3.62. The summed E-state index contributed by atoms with van der Waals surface area (Å²) in [7, 11) is 3.11. The molecule has 0 radical (unpaired) electrons. The third-order valence-electron chi connectivity index (χ3n) is 4.65. The maximum absolute atomic E-state index is 12.8. The second kappa shape index (κ2) is 8.12. The minimum Gasteiger partial charge on any atom is -0.497 e. The van der Waals surface area contributed by atoms with Gasteiger partial charge in [0, 0.05) is 12.0 Å². The number of hydrogen-bond acceptors (Lipinski definition) is 6. The van der Waals surface area contributed by atoms with Gasteiger partial charge in [0.1, 0.15) is 23.2 Å². The van der Waals surface area contributed by atoms with E-state index in [0.29, 0.717) is 23.7 Å². The van der Waals surface area contributed by atoms with Crippen molar-refractivity contribution in [2.45, 2.75) is 19.3 Å². The number of furan rings is 1. The number of ether oxygens (including phenoxy) is 3. The number of allylic oxidation sites excluding steroid dienone is 2. The minimum atomic E-state index is -0.916. The molecule has 142 valence electrons. The van der Waals surface area contributed by atoms with Crippen LogP contribution in [0.15, 0.2) is 47.1 Å². The van der Waals surface area contributed by atoms with Crippen molar-refractivity contribution < 1.29 is 28.2 Å². The van der Waals surface area contributed by atoms with Crippen molar-refractivity contribution in [3.8, 4) is 11.5 Å². The van der Waals surface area contributed by atoms with E-state index < -0.39 is 17.8 Å². The van der Waals surface area contributed by atoms with Gasteiger partial charge < -0.3 is 18.6 Å². The molecular weight excluding hydrogens is 348 g/mol. The first-order valence-electron chi connectivity index (χ1n) is 8.75. The predicted molar refractivity (Wildman–Crippen MR) is 98.7 cm³/mol. The molecule has 1 aromatic heterocycles. The Labute approximate surface area is 157 Å². The third-order valence-corrected chi connectivity index (χ3v) is 4.65. The fourth-order valence-electron chi connectivity index (χ4n) is 3.37. The zero-order chi connectivity index (χ0) is 19.4. The highest BCUT2D eigenvalue weighted by atomic mass is 16.5. The van der Waals surface area contributed by atoms with E-state index in [1.807, 2.05) is 12.1 Å². The van der Waals surface area contributed by atoms with Crippen LogP contribution in [-0.4, -0.2) is 32.6 Å². The Hall–Kier alpha value is -3.02. The van der Waals surface area contributed by atoms with Gasteiger partial charge in [-0.2, -0.15) is 0 Å². The first kappa shape index (κ1) is 18.8. The Morgan fingerprint density at radius 2 is 1.89 bits per heavy atom. The molecule has 1 aliphatic rings. The summed E-state index contributed by atoms with van der Waals surface area (Å²) >= 11 is 0. The second-order valence-electron chi connectivity index (χ2n) is 6.24. The van der Waals surface area contributed by atoms with E-state index >= 15 is 0 Å². The standard InChI is InChI=1S/C21H22O6/c1-4-26-21(23)20-17(13-8-15(24-2)12-16(9-13)25-3)10-14(11-18(20)22)19-6-5-7-27-19/h5-9,11-12,17,20H,4,10H2,1-3H3/t17-,20-/m1/s1. The Morgan fingerprint density at radius 3 is 2.44 bits per heavy atom. The largest absolute Gasteiger partial charge is 0.497 e. The fourth-order valence-corrected chi connectivity index (χ4v) is 3.37. The second-order valence-corrected chi connectivity index (χ2v) is 6.24. The molecule has 0 saturated carbocycles. The lowest BCUT2D eigenvalue weighted by atomic mass is 9.74. The van der Waals surface area contributed by atoms with Gasteiger partial charge in [-0.05, 0) is 54.8 Å². The lowest BCUT2D eigenvalue weighted by Gasteiger charge is -2.29. The smallest absolute Gasteiger partial charge is 0.317 e. The van der Waals surface area contributed by atoms with Gasteiger partial charge in [-0.1, -0.05) is 0 Å². The fraction of sp³-hybridized carbons (Fsp3) is 0.333. The van der Waals surface area contributed by atoms with E-state index in [9.17, 15) is 9.59 Å². The van der Waals surface area contributed by atoms with E-state index in [2.05, 4.69) is 0 Å². The molecule has 0 aliphatic heterocycles. The van der Waals surface area contributed by atoms with Gasteiger partial charge in [0.25, 0.3) is 0 Å². The van der Waals surface area contributed by atoms with Crippen molar-refractivity contribution in [2.75, 3.05) is 20.8 Å². The highest BCUT2D eigenvalue weighted by Gasteiger charge is 2.40. The molecule has 0 unspecified atom stereocenters. The Kier molecular flexibility index (Phi) is 5.64. The maximum atomic E-state index is 12.8. The van der Waals surface area contributed by atoms with Crippen molar-refractivity contribution in [1.82, 2.24) is 0 Å². The number of carbonyl (C=O) groups excluding carboxylic acids is 2. The van der Waals surface area contributed by atoms with Gasteiger partial charge >= 0.3 is 5.97 Å². The van der Waals surface area contributed by atoms with Crippen LogP contribution in [0.25, 0.3) is 5.57 Å². The average Bonchev–Trinajstić information content (AvgIpc) is 3.21. The van der Waals surface area contributed by atoms with Crippen LogP contribution in [0.4, 0.5) is 0 Å². The number of ketones is 1. The molecule has 1 aromatic carbocycles. The van der Waals surface area contributed by atoms with Crippen LogP contribution < -0.4 is 9.47 Å². The summed E-state index contributed by atoms with van der Waals surface area (Å²) in [5.41, 5.74) is 1.52. The highest BCUT2D eigenvalue weighted by Crippen LogP contribution is 2.42. The topological polar surface area (TPSA) is 75.0 Å². The summed E-state index contributed by atoms with van der Waals surface area (Å²) in [6, 6.07) is 8.95. The lowest BCUT2D eigenvalue weighted by molar-refractivity contribution is -0.151. The molecule has 1 heterocycles. The lowest BCUT2D eigenvalue weighted by Crippen LogP contribution is -2.34. The van der Waals surface area contributed by atoms with Crippen LogP contribution in [0, 0.1) is 5.92 Å². The molecule has 0 saturated heterocycles. The summed E-state index contributed by atoms with van der Waals surface area (Å²) in [5.74, 6) is -0.347. The van der Waals surface area contributed by atoms with Crippen LogP contribution in [0.5, 0.6) is 11.5 Å². The first-order chi connectivity index (χ1) is 13.1. The first-order valence-corrected chi connectivity index (χ1v) is 8.75. The van der Waals surface area contributed by atoms with E-state index in [-0.39, 0.29) is 12.4 Å². The van der Waals surface area contributed by atoms with Crippen molar-refractivity contribution in [3.05, 3.63) is 54.0 Å². The van der Waals surface area contributed by atoms with Gasteiger partial charge in [-0.15, -0.1) is 0 Å². The van der Waals surface area contributed by atoms with Crippen LogP contribution in [0.3, 0.4) is 0 Å². The molecule has 1 aliphatic carbocycles. The van der Waals surface area contributed by atoms with Crippen molar-refractivity contribution in [3.63, 3.8) is 0 Å². The summed E-state index contributed by atoms with van der Waals surface area (Å²) in [5, 5.41) is 0. The number of esters is 1. The minimum absolute atomic E-state index is 0.214. The van der Waals surface area contributed by atoms with Gasteiger partial charge in [0.2, 0.25) is 0 Å². The molecule has 0 spiro atoms. The number of carbonyl (C=O) groups is 2. The quantitative estimate of drug-likeness (QED) is 0.571. The SMILES string of the molecule is CCOC(=O)[C@H]1C(=O)C=C(c2ccco2)C[C@@H]1c1cc(OC)cc(OC)c1. The Morgan fingerprint density at radius 1 is 1.19 bits per heavy atom. The molecular formula is C21H22O6. The number of rotatable bonds is 6. The molecule has 2 aromatic rings. The molecule has 0 N–H and O–H groups in total. The molecule has 0 bridgehead atoms. The molecule has 0 fully saturated rings. The van der Waals surface area contributed by atoms with Gasteiger partial charge in [-0.3, -0.25) is 9.59 Å². The van der Waals surface area contributed by atoms with E-state index in [1.165, 1.54) is 6.08 Å². The van der Waals surface area contributed by atoms with Gasteiger partial charge in [0.05, 0.1) is 27.1 Å². The number of hydrogen-bond donors (Lipinski definition) is 0. The van der Waals surface area contributed by atoms with E-state index in [4.69, 9.17) is 18.6 Å². The molecule has 2 atom stereocenters. The molecule has 3 rings (SSSR count). The Bertz CT molecular complexity index is 827. The summed E-state index contributed by atoms with van der Waals surface area (Å²) in [6.07, 6.45) is 3.50. The third kappa shape index (κ3) is 3.89. The van der Waals surface area contributed by atoms with Crippen LogP contribution in [0.1, 0.15) is 30.6 Å². The molecule has 6 nitrogen and oxygen atoms in total. The van der Waals surface area contributed by atoms with E-state index in [1.54, 1.807) is 45.6 Å². The summed E-state index contributed by atoms with van der Waals surface area (Å²) in [4.78, 5) is 25.4. The zero-order valence-electron chi connectivity index (χ0n) is 15.6. The number of benzene rings is 1. The van der Waals surface area contributed by atoms with E-state index in [0.717, 1.165) is 11.1 Å². The van der Waals surface area contributed by atoms with Gasteiger partial charge in [0.15, 0.2) is 5.78 Å². The number of methoxy groups -OCH3 is 2.